The highest BCUT2D eigenvalue weighted by Crippen LogP contribution is 2.52. The lowest BCUT2D eigenvalue weighted by Gasteiger charge is -2.46. The minimum atomic E-state index is -1.41. The van der Waals surface area contributed by atoms with Crippen molar-refractivity contribution in [2.75, 3.05) is 26.6 Å². The summed E-state index contributed by atoms with van der Waals surface area (Å²) in [4.78, 5) is 0.947. The van der Waals surface area contributed by atoms with E-state index in [-0.39, 0.29) is 0 Å². The van der Waals surface area contributed by atoms with Crippen LogP contribution in [-0.4, -0.2) is 42.2 Å². The van der Waals surface area contributed by atoms with Crippen LogP contribution in [0.25, 0.3) is 0 Å². The molecule has 0 heterocycles. The molecule has 3 nitrogen and oxygen atoms in total. The third kappa shape index (κ3) is 4.36. The van der Waals surface area contributed by atoms with Crippen molar-refractivity contribution < 1.29 is 4.39 Å². The van der Waals surface area contributed by atoms with Crippen molar-refractivity contribution in [2.45, 2.75) is 6.92 Å². The van der Waals surface area contributed by atoms with Gasteiger partial charge in [-0.2, -0.15) is 0 Å². The summed E-state index contributed by atoms with van der Waals surface area (Å²) in [5.41, 5.74) is 0. The third-order valence-corrected chi connectivity index (χ3v) is 5.01. The van der Waals surface area contributed by atoms with E-state index in [1.165, 1.54) is 6.20 Å². The summed E-state index contributed by atoms with van der Waals surface area (Å²) in [6, 6.07) is 0. The summed E-state index contributed by atoms with van der Waals surface area (Å²) in [6.45, 7) is 5.95. The molecule has 0 aromatic rings. The molecule has 0 fully saturated rings. The Labute approximate surface area is 105 Å². The molecule has 0 amide bonds. The minimum Gasteiger partial charge on any atom is -0.306 e. The Morgan fingerprint density at radius 3 is 2.24 bits per heavy atom. The Morgan fingerprint density at radius 1 is 1.35 bits per heavy atom. The minimum absolute atomic E-state index is 0.576. The summed E-state index contributed by atoms with van der Waals surface area (Å²) in [5.74, 6) is -0.576. The molecule has 1 N–H and O–H groups in total. The second kappa shape index (κ2) is 6.61. The van der Waals surface area contributed by atoms with E-state index in [2.05, 4.69) is 6.58 Å². The number of rotatable bonds is 6. The van der Waals surface area contributed by atoms with Gasteiger partial charge in [0.15, 0.2) is 5.83 Å². The zero-order chi connectivity index (χ0) is 13.6. The number of nitrogens with one attached hydrogen (secondary N) is 1. The van der Waals surface area contributed by atoms with Gasteiger partial charge in [0.05, 0.1) is 12.4 Å². The van der Waals surface area contributed by atoms with Gasteiger partial charge in [-0.1, -0.05) is 18.7 Å². The fourth-order valence-electron chi connectivity index (χ4n) is 1.27. The van der Waals surface area contributed by atoms with Crippen molar-refractivity contribution in [3.05, 3.63) is 35.7 Å². The van der Waals surface area contributed by atoms with E-state index >= 15 is 0 Å². The summed E-state index contributed by atoms with van der Waals surface area (Å²) < 4.78 is 15.0. The van der Waals surface area contributed by atoms with Gasteiger partial charge in [0.2, 0.25) is 0 Å². The fourth-order valence-corrected chi connectivity index (χ4v) is 3.16. The molecule has 0 aliphatic rings. The number of allylic oxidation sites excluding steroid dienone is 3. The lowest BCUT2D eigenvalue weighted by atomic mass is 10.5. The molecule has 0 aliphatic carbocycles. The monoisotopic (exact) mass is 259 g/mol. The van der Waals surface area contributed by atoms with Gasteiger partial charge < -0.3 is 5.41 Å². The molecule has 0 unspecified atom stereocenters. The molecule has 98 valence electrons. The number of hydrazine groups is 1. The fraction of sp³-hybridized carbons (Fsp3) is 0.417. The first kappa shape index (κ1) is 15.9. The Balaban J connectivity index is 5.32. The molecule has 0 saturated carbocycles. The molecule has 0 radical (unpaired) electrons. The number of hydrogen-bond donors (Lipinski definition) is 1. The van der Waals surface area contributed by atoms with E-state index in [0.29, 0.717) is 6.21 Å². The highest BCUT2D eigenvalue weighted by atomic mass is 32.3. The molecule has 0 aromatic carbocycles. The average molecular weight is 259 g/mol. The SMILES string of the molecule is C=C(/C=C\C)S(C)(C)N(/C=C(/F)C=N)N(C)C. The third-order valence-electron chi connectivity index (χ3n) is 2.23. The summed E-state index contributed by atoms with van der Waals surface area (Å²) in [6.07, 6.45) is 9.94. The average Bonchev–Trinajstić information content (AvgIpc) is 2.24. The van der Waals surface area contributed by atoms with Crippen LogP contribution in [0.2, 0.25) is 0 Å². The van der Waals surface area contributed by atoms with Gasteiger partial charge in [0.1, 0.15) is 0 Å². The van der Waals surface area contributed by atoms with E-state index in [9.17, 15) is 4.39 Å². The first-order valence-electron chi connectivity index (χ1n) is 5.16. The molecule has 0 aliphatic heterocycles. The van der Waals surface area contributed by atoms with Crippen LogP contribution in [0.3, 0.4) is 0 Å². The molecule has 0 saturated heterocycles. The second-order valence-electron chi connectivity index (χ2n) is 4.05. The highest BCUT2D eigenvalue weighted by Gasteiger charge is 2.23. The molecular formula is C12H22FN3S. The smallest absolute Gasteiger partial charge is 0.159 e. The van der Waals surface area contributed by atoms with Gasteiger partial charge in [-0.15, -0.1) is 10.2 Å². The van der Waals surface area contributed by atoms with Crippen molar-refractivity contribution in [3.8, 4) is 0 Å². The molecule has 0 spiro atoms. The molecule has 17 heavy (non-hydrogen) atoms. The predicted octanol–water partition coefficient (Wildman–Crippen LogP) is 3.29. The highest BCUT2D eigenvalue weighted by molar-refractivity contribution is 8.34. The van der Waals surface area contributed by atoms with Crippen molar-refractivity contribution in [3.63, 3.8) is 0 Å². The Bertz CT molecular complexity index is 346. The van der Waals surface area contributed by atoms with Gasteiger partial charge >= 0.3 is 0 Å². The van der Waals surface area contributed by atoms with Gasteiger partial charge in [0.25, 0.3) is 0 Å². The van der Waals surface area contributed by atoms with E-state index in [1.807, 2.05) is 45.7 Å². The quantitative estimate of drug-likeness (QED) is 0.451. The van der Waals surface area contributed by atoms with Crippen LogP contribution < -0.4 is 0 Å². The maximum atomic E-state index is 13.2. The van der Waals surface area contributed by atoms with Crippen LogP contribution in [-0.2, 0) is 0 Å². The van der Waals surface area contributed by atoms with E-state index in [1.54, 1.807) is 9.42 Å². The first-order valence-corrected chi connectivity index (χ1v) is 7.57. The maximum absolute atomic E-state index is 13.2. The Morgan fingerprint density at radius 2 is 1.88 bits per heavy atom. The number of hydrogen-bond acceptors (Lipinski definition) is 3. The van der Waals surface area contributed by atoms with Gasteiger partial charge in [0, 0.05) is 19.0 Å². The largest absolute Gasteiger partial charge is 0.306 e. The predicted molar refractivity (Wildman–Crippen MR) is 76.9 cm³/mol. The first-order chi connectivity index (χ1) is 7.77. The van der Waals surface area contributed by atoms with Crippen LogP contribution in [0.4, 0.5) is 4.39 Å². The normalized spacial score (nSPS) is 14.2. The standard InChI is InChI=1S/C12H22FN3S/c1-7-8-11(2)17(5,6)16(15(3)4)10-12(13)9-14/h7-10,14H,2H2,1,3-6H3/b8-7-,12-10+,14-9?. The zero-order valence-electron chi connectivity index (χ0n) is 11.2. The summed E-state index contributed by atoms with van der Waals surface area (Å²) >= 11 is 0. The second-order valence-corrected chi connectivity index (χ2v) is 7.49. The maximum Gasteiger partial charge on any atom is 0.159 e. The molecule has 5 heteroatoms. The van der Waals surface area contributed by atoms with Crippen LogP contribution in [0, 0.1) is 5.41 Å². The van der Waals surface area contributed by atoms with E-state index < -0.39 is 16.0 Å². The van der Waals surface area contributed by atoms with Crippen LogP contribution in [0.15, 0.2) is 35.7 Å². The Hall–Kier alpha value is -1.07. The van der Waals surface area contributed by atoms with Crippen LogP contribution >= 0.6 is 10.2 Å². The van der Waals surface area contributed by atoms with Crippen molar-refractivity contribution in [1.82, 2.24) is 9.42 Å². The van der Waals surface area contributed by atoms with E-state index in [4.69, 9.17) is 5.41 Å². The molecule has 0 bridgehead atoms. The van der Waals surface area contributed by atoms with Gasteiger partial charge in [-0.05, 0) is 19.4 Å². The molecule has 0 aromatic heterocycles. The van der Waals surface area contributed by atoms with Crippen molar-refractivity contribution in [2.24, 2.45) is 0 Å². The van der Waals surface area contributed by atoms with E-state index in [0.717, 1.165) is 4.91 Å². The van der Waals surface area contributed by atoms with Crippen LogP contribution in [0.1, 0.15) is 6.92 Å². The molecular weight excluding hydrogens is 237 g/mol. The van der Waals surface area contributed by atoms with Crippen molar-refractivity contribution >= 4 is 16.4 Å². The summed E-state index contributed by atoms with van der Waals surface area (Å²) in [5, 5.41) is 8.69. The lowest BCUT2D eigenvalue weighted by Crippen LogP contribution is -2.34. The van der Waals surface area contributed by atoms with Crippen molar-refractivity contribution in [1.29, 1.82) is 5.41 Å². The Kier molecular flexibility index (Phi) is 6.20. The number of halogens is 1. The zero-order valence-corrected chi connectivity index (χ0v) is 12.0. The molecule has 0 atom stereocenters. The van der Waals surface area contributed by atoms with Crippen LogP contribution in [0.5, 0.6) is 0 Å². The number of nitrogens with zero attached hydrogens (tertiary/aromatic N) is 2. The van der Waals surface area contributed by atoms with Gasteiger partial charge in [-0.25, -0.2) is 9.40 Å². The molecule has 0 rings (SSSR count). The van der Waals surface area contributed by atoms with Gasteiger partial charge in [-0.3, -0.25) is 4.41 Å². The topological polar surface area (TPSA) is 30.3 Å². The lowest BCUT2D eigenvalue weighted by molar-refractivity contribution is 0.195. The summed E-state index contributed by atoms with van der Waals surface area (Å²) in [7, 11) is 2.27.